The molecule has 3 rings (SSSR count). The van der Waals surface area contributed by atoms with E-state index in [1.54, 1.807) is 0 Å². The van der Waals surface area contributed by atoms with Gasteiger partial charge in [0.1, 0.15) is 43.7 Å². The van der Waals surface area contributed by atoms with Crippen LogP contribution in [0.4, 0.5) is 0 Å². The number of fused-ring (bicyclic) bond motifs is 1. The maximum atomic E-state index is 10.9. The fourth-order valence-corrected chi connectivity index (χ4v) is 3.12. The number of para-hydroxylation sites is 1. The summed E-state index contributed by atoms with van der Waals surface area (Å²) in [5.41, 5.74) is 0. The van der Waals surface area contributed by atoms with E-state index in [2.05, 4.69) is 6.58 Å². The molecule has 0 N–H and O–H groups in total. The highest BCUT2D eigenvalue weighted by Crippen LogP contribution is 2.32. The predicted octanol–water partition coefficient (Wildman–Crippen LogP) is 4.44. The molecule has 34 heavy (non-hydrogen) atoms. The van der Waals surface area contributed by atoms with Crippen molar-refractivity contribution in [2.45, 2.75) is 0 Å². The molecule has 0 aliphatic heterocycles. The highest BCUT2D eigenvalue weighted by Gasteiger charge is 2.07. The molecule has 0 amide bonds. The van der Waals surface area contributed by atoms with Gasteiger partial charge in [0.15, 0.2) is 0 Å². The highest BCUT2D eigenvalue weighted by atomic mass is 16.6. The molecule has 0 fully saturated rings. The van der Waals surface area contributed by atoms with Gasteiger partial charge in [-0.25, -0.2) is 4.79 Å². The van der Waals surface area contributed by atoms with Gasteiger partial charge in [0.25, 0.3) is 0 Å². The van der Waals surface area contributed by atoms with Gasteiger partial charge in [0.05, 0.1) is 26.4 Å². The lowest BCUT2D eigenvalue weighted by Gasteiger charge is -2.13. The van der Waals surface area contributed by atoms with Crippen LogP contribution in [0.25, 0.3) is 10.8 Å². The number of rotatable bonds is 16. The topological polar surface area (TPSA) is 72.5 Å². The Morgan fingerprint density at radius 3 is 1.76 bits per heavy atom. The Labute approximate surface area is 199 Å². The second-order valence-corrected chi connectivity index (χ2v) is 7.06. The molecule has 7 nitrogen and oxygen atoms in total. The molecule has 0 aliphatic carbocycles. The third-order valence-corrected chi connectivity index (χ3v) is 4.69. The minimum Gasteiger partial charge on any atom is -0.491 e. The number of carbonyl (C=O) groups is 1. The first kappa shape index (κ1) is 25.1. The SMILES string of the molecule is C=CC(=O)OCCOCCOCCOc1cccc2c(OCCOc3ccccc3)cccc12. The van der Waals surface area contributed by atoms with Crippen LogP contribution in [0.3, 0.4) is 0 Å². The average Bonchev–Trinajstić information content (AvgIpc) is 2.88. The molecule has 7 heteroatoms. The standard InChI is InChI=1S/C27H30O7/c1-2-27(28)34-19-17-30-15-14-29-16-18-32-25-12-6-11-24-23(25)10-7-13-26(24)33-21-20-31-22-8-4-3-5-9-22/h2-13H,1,14-21H2. The molecule has 0 radical (unpaired) electrons. The second kappa shape index (κ2) is 14.6. The van der Waals surface area contributed by atoms with Crippen LogP contribution in [0.2, 0.25) is 0 Å². The maximum Gasteiger partial charge on any atom is 0.330 e. The number of ether oxygens (including phenoxy) is 6. The Balaban J connectivity index is 1.37. The molecule has 0 heterocycles. The molecule has 0 unspecified atom stereocenters. The van der Waals surface area contributed by atoms with E-state index in [1.165, 1.54) is 0 Å². The molecule has 180 valence electrons. The Kier molecular flexibility index (Phi) is 10.7. The van der Waals surface area contributed by atoms with Crippen LogP contribution in [-0.2, 0) is 19.0 Å². The largest absolute Gasteiger partial charge is 0.491 e. The van der Waals surface area contributed by atoms with Crippen LogP contribution >= 0.6 is 0 Å². The van der Waals surface area contributed by atoms with E-state index >= 15 is 0 Å². The first-order valence-electron chi connectivity index (χ1n) is 11.2. The zero-order chi connectivity index (χ0) is 23.8. The first-order valence-corrected chi connectivity index (χ1v) is 11.2. The van der Waals surface area contributed by atoms with Gasteiger partial charge in [-0.2, -0.15) is 0 Å². The van der Waals surface area contributed by atoms with Crippen molar-refractivity contribution in [2.24, 2.45) is 0 Å². The van der Waals surface area contributed by atoms with E-state index in [4.69, 9.17) is 28.4 Å². The zero-order valence-electron chi connectivity index (χ0n) is 19.1. The van der Waals surface area contributed by atoms with E-state index in [0.717, 1.165) is 34.1 Å². The van der Waals surface area contributed by atoms with Crippen molar-refractivity contribution < 1.29 is 33.2 Å². The van der Waals surface area contributed by atoms with Crippen molar-refractivity contribution >= 4 is 16.7 Å². The quantitative estimate of drug-likeness (QED) is 0.176. The molecule has 0 aromatic heterocycles. The van der Waals surface area contributed by atoms with Crippen molar-refractivity contribution in [3.63, 3.8) is 0 Å². The lowest BCUT2D eigenvalue weighted by atomic mass is 10.1. The predicted molar refractivity (Wildman–Crippen MR) is 130 cm³/mol. The van der Waals surface area contributed by atoms with Crippen molar-refractivity contribution in [3.8, 4) is 17.2 Å². The molecule has 0 aliphatic rings. The fraction of sp³-hybridized carbons (Fsp3) is 0.296. The van der Waals surface area contributed by atoms with Gasteiger partial charge in [0, 0.05) is 16.8 Å². The lowest BCUT2D eigenvalue weighted by Crippen LogP contribution is -2.13. The molecule has 0 spiro atoms. The minimum absolute atomic E-state index is 0.195. The van der Waals surface area contributed by atoms with Crippen LogP contribution in [0.5, 0.6) is 17.2 Å². The van der Waals surface area contributed by atoms with E-state index in [-0.39, 0.29) is 6.61 Å². The number of esters is 1. The molecule has 3 aromatic rings. The number of hydrogen-bond acceptors (Lipinski definition) is 7. The maximum absolute atomic E-state index is 10.9. The van der Waals surface area contributed by atoms with Gasteiger partial charge >= 0.3 is 5.97 Å². The van der Waals surface area contributed by atoms with Crippen molar-refractivity contribution in [2.75, 3.05) is 52.9 Å². The van der Waals surface area contributed by atoms with Gasteiger partial charge in [-0.05, 0) is 24.3 Å². The van der Waals surface area contributed by atoms with Gasteiger partial charge in [0.2, 0.25) is 0 Å². The van der Waals surface area contributed by atoms with Crippen LogP contribution < -0.4 is 14.2 Å². The van der Waals surface area contributed by atoms with E-state index in [0.29, 0.717) is 46.2 Å². The summed E-state index contributed by atoms with van der Waals surface area (Å²) in [5, 5.41) is 1.95. The van der Waals surface area contributed by atoms with Crippen LogP contribution in [-0.4, -0.2) is 58.8 Å². The molecule has 0 saturated carbocycles. The van der Waals surface area contributed by atoms with Crippen molar-refractivity contribution in [1.82, 2.24) is 0 Å². The summed E-state index contributed by atoms with van der Waals surface area (Å²) in [5.74, 6) is 1.92. The summed E-state index contributed by atoms with van der Waals surface area (Å²) >= 11 is 0. The summed E-state index contributed by atoms with van der Waals surface area (Å²) in [7, 11) is 0. The van der Waals surface area contributed by atoms with E-state index in [1.807, 2.05) is 66.7 Å². The monoisotopic (exact) mass is 466 g/mol. The van der Waals surface area contributed by atoms with Crippen molar-refractivity contribution in [1.29, 1.82) is 0 Å². The minimum atomic E-state index is -0.457. The number of hydrogen-bond donors (Lipinski definition) is 0. The number of benzene rings is 3. The zero-order valence-corrected chi connectivity index (χ0v) is 19.1. The summed E-state index contributed by atoms with van der Waals surface area (Å²) in [6.07, 6.45) is 1.12. The highest BCUT2D eigenvalue weighted by molar-refractivity contribution is 5.93. The van der Waals surface area contributed by atoms with Gasteiger partial charge in [-0.1, -0.05) is 49.0 Å². The summed E-state index contributed by atoms with van der Waals surface area (Å²) < 4.78 is 33.3. The normalized spacial score (nSPS) is 10.6. The third-order valence-electron chi connectivity index (χ3n) is 4.69. The van der Waals surface area contributed by atoms with Gasteiger partial charge in [-0.3, -0.25) is 0 Å². The summed E-state index contributed by atoms with van der Waals surface area (Å²) in [4.78, 5) is 10.9. The fourth-order valence-electron chi connectivity index (χ4n) is 3.12. The molecule has 3 aromatic carbocycles. The van der Waals surface area contributed by atoms with E-state index < -0.39 is 5.97 Å². The first-order chi connectivity index (χ1) is 16.8. The Morgan fingerprint density at radius 2 is 1.15 bits per heavy atom. The molecular formula is C27H30O7. The number of carbonyl (C=O) groups excluding carboxylic acids is 1. The van der Waals surface area contributed by atoms with Crippen LogP contribution in [0.15, 0.2) is 79.4 Å². The van der Waals surface area contributed by atoms with E-state index in [9.17, 15) is 4.79 Å². The lowest BCUT2D eigenvalue weighted by molar-refractivity contribution is -0.139. The van der Waals surface area contributed by atoms with Crippen LogP contribution in [0.1, 0.15) is 0 Å². The van der Waals surface area contributed by atoms with Crippen LogP contribution in [0, 0.1) is 0 Å². The van der Waals surface area contributed by atoms with Gasteiger partial charge in [-0.15, -0.1) is 0 Å². The van der Waals surface area contributed by atoms with Crippen molar-refractivity contribution in [3.05, 3.63) is 79.4 Å². The second-order valence-electron chi connectivity index (χ2n) is 7.06. The average molecular weight is 467 g/mol. The molecule has 0 bridgehead atoms. The summed E-state index contributed by atoms with van der Waals surface area (Å²) in [6, 6.07) is 21.4. The smallest absolute Gasteiger partial charge is 0.330 e. The van der Waals surface area contributed by atoms with Gasteiger partial charge < -0.3 is 28.4 Å². The summed E-state index contributed by atoms with van der Waals surface area (Å²) in [6.45, 7) is 6.41. The molecular weight excluding hydrogens is 436 g/mol. The molecule has 0 atom stereocenters. The Bertz CT molecular complexity index is 1020. The molecule has 0 saturated heterocycles. The third kappa shape index (κ3) is 8.42. The Morgan fingerprint density at radius 1 is 0.618 bits per heavy atom. The Hall–Kier alpha value is -3.55.